The molecule has 1 rings (SSSR count). The van der Waals surface area contributed by atoms with Crippen molar-refractivity contribution in [1.29, 1.82) is 0 Å². The molecule has 0 heterocycles. The number of methoxy groups -OCH3 is 1. The average molecular weight is 265 g/mol. The number of aldehydes is 1. The molecule has 0 fully saturated rings. The Labute approximate surface area is 107 Å². The lowest BCUT2D eigenvalue weighted by Crippen LogP contribution is -2.07. The van der Waals surface area contributed by atoms with E-state index in [1.165, 1.54) is 0 Å². The van der Waals surface area contributed by atoms with E-state index in [1.54, 1.807) is 0 Å². The zero-order valence-corrected chi connectivity index (χ0v) is 9.81. The fraction of sp³-hybridized carbons (Fsp3) is 0.167. The number of nitro groups is 1. The van der Waals surface area contributed by atoms with Crippen LogP contribution in [0.15, 0.2) is 12.1 Å². The highest BCUT2D eigenvalue weighted by atomic mass is 19.1. The molecular formula is C12H8FNO5. The highest BCUT2D eigenvalue weighted by Crippen LogP contribution is 2.23. The maximum Gasteiger partial charge on any atom is 0.344 e. The van der Waals surface area contributed by atoms with E-state index in [2.05, 4.69) is 16.6 Å². The van der Waals surface area contributed by atoms with Gasteiger partial charge in [0.05, 0.1) is 24.0 Å². The van der Waals surface area contributed by atoms with Crippen molar-refractivity contribution in [2.75, 3.05) is 7.11 Å². The van der Waals surface area contributed by atoms with Crippen LogP contribution < -0.4 is 0 Å². The second-order valence-corrected chi connectivity index (χ2v) is 3.27. The van der Waals surface area contributed by atoms with E-state index in [4.69, 9.17) is 0 Å². The molecule has 0 aromatic heterocycles. The number of carbonyl (C=O) groups is 2. The molecule has 0 aliphatic rings. The van der Waals surface area contributed by atoms with Gasteiger partial charge in [0.25, 0.3) is 5.69 Å². The summed E-state index contributed by atoms with van der Waals surface area (Å²) in [7, 11) is 1.03. The molecule has 1 aromatic carbocycles. The smallest absolute Gasteiger partial charge is 0.344 e. The summed E-state index contributed by atoms with van der Waals surface area (Å²) < 4.78 is 17.9. The lowest BCUT2D eigenvalue weighted by atomic mass is 10.1. The third-order valence-corrected chi connectivity index (χ3v) is 2.10. The minimum Gasteiger partial charge on any atom is -0.465 e. The van der Waals surface area contributed by atoms with Gasteiger partial charge < -0.3 is 9.53 Å². The topological polar surface area (TPSA) is 86.5 Å². The maximum atomic E-state index is 13.6. The standard InChI is InChI=1S/C12H8FNO5/c1-19-12(16)9-7-10(13)8(4-2-3-5-15)6-11(9)14(17)18/h5-7H,3H2,1H3. The monoisotopic (exact) mass is 265 g/mol. The summed E-state index contributed by atoms with van der Waals surface area (Å²) in [5, 5.41) is 10.8. The second kappa shape index (κ2) is 6.26. The highest BCUT2D eigenvalue weighted by Gasteiger charge is 2.23. The molecule has 0 bridgehead atoms. The molecule has 19 heavy (non-hydrogen) atoms. The Hall–Kier alpha value is -2.75. The van der Waals surface area contributed by atoms with Crippen molar-refractivity contribution in [2.24, 2.45) is 0 Å². The van der Waals surface area contributed by atoms with Crippen molar-refractivity contribution >= 4 is 17.9 Å². The molecule has 1 aromatic rings. The van der Waals surface area contributed by atoms with Crippen LogP contribution in [0, 0.1) is 27.8 Å². The van der Waals surface area contributed by atoms with Gasteiger partial charge in [-0.2, -0.15) is 0 Å². The predicted octanol–water partition coefficient (Wildman–Crippen LogP) is 1.46. The van der Waals surface area contributed by atoms with Crippen molar-refractivity contribution in [3.8, 4) is 11.8 Å². The van der Waals surface area contributed by atoms with Crippen LogP contribution >= 0.6 is 0 Å². The lowest BCUT2D eigenvalue weighted by Gasteiger charge is -2.02. The molecule has 0 saturated heterocycles. The van der Waals surface area contributed by atoms with Gasteiger partial charge in [-0.25, -0.2) is 9.18 Å². The number of ether oxygens (including phenoxy) is 1. The van der Waals surface area contributed by atoms with E-state index >= 15 is 0 Å². The van der Waals surface area contributed by atoms with Crippen LogP contribution in [0.3, 0.4) is 0 Å². The summed E-state index contributed by atoms with van der Waals surface area (Å²) >= 11 is 0. The summed E-state index contributed by atoms with van der Waals surface area (Å²) in [6.07, 6.45) is 0.397. The molecular weight excluding hydrogens is 257 g/mol. The zero-order valence-electron chi connectivity index (χ0n) is 9.81. The number of rotatable bonds is 3. The minimum atomic E-state index is -1.02. The van der Waals surface area contributed by atoms with Gasteiger partial charge >= 0.3 is 5.97 Å². The first-order valence-electron chi connectivity index (χ1n) is 5.00. The van der Waals surface area contributed by atoms with Gasteiger partial charge in [-0.3, -0.25) is 10.1 Å². The first kappa shape index (κ1) is 14.3. The zero-order chi connectivity index (χ0) is 14.4. The highest BCUT2D eigenvalue weighted by molar-refractivity contribution is 5.94. The third-order valence-electron chi connectivity index (χ3n) is 2.10. The maximum absolute atomic E-state index is 13.6. The van der Waals surface area contributed by atoms with Crippen LogP contribution in [0.25, 0.3) is 0 Å². The summed E-state index contributed by atoms with van der Waals surface area (Å²) in [4.78, 5) is 31.3. The van der Waals surface area contributed by atoms with Gasteiger partial charge in [0.15, 0.2) is 0 Å². The summed E-state index contributed by atoms with van der Waals surface area (Å²) in [5.74, 6) is 2.69. The fourth-order valence-electron chi connectivity index (χ4n) is 1.27. The number of hydrogen-bond acceptors (Lipinski definition) is 5. The summed E-state index contributed by atoms with van der Waals surface area (Å²) in [6, 6.07) is 1.52. The van der Waals surface area contributed by atoms with Crippen molar-refractivity contribution in [1.82, 2.24) is 0 Å². The SMILES string of the molecule is COC(=O)c1cc(F)c(C#CCC=O)cc1[N+](=O)[O-]. The van der Waals surface area contributed by atoms with Gasteiger partial charge in [0.2, 0.25) is 0 Å². The van der Waals surface area contributed by atoms with Gasteiger partial charge in [-0.1, -0.05) is 11.8 Å². The van der Waals surface area contributed by atoms with Gasteiger partial charge in [-0.15, -0.1) is 0 Å². The fourth-order valence-corrected chi connectivity index (χ4v) is 1.27. The molecule has 0 atom stereocenters. The van der Waals surface area contributed by atoms with Crippen LogP contribution in [0.5, 0.6) is 0 Å². The van der Waals surface area contributed by atoms with Gasteiger partial charge in [0, 0.05) is 6.07 Å². The normalized spacial score (nSPS) is 9.16. The van der Waals surface area contributed by atoms with Crippen molar-refractivity contribution in [2.45, 2.75) is 6.42 Å². The molecule has 0 aliphatic carbocycles. The Kier molecular flexibility index (Phi) is 4.71. The predicted molar refractivity (Wildman–Crippen MR) is 62.0 cm³/mol. The minimum absolute atomic E-state index is 0.119. The van der Waals surface area contributed by atoms with Crippen LogP contribution in [0.1, 0.15) is 22.3 Å². The number of halogens is 1. The number of hydrogen-bond donors (Lipinski definition) is 0. The number of carbonyl (C=O) groups excluding carboxylic acids is 2. The van der Waals surface area contributed by atoms with E-state index < -0.39 is 28.0 Å². The first-order chi connectivity index (χ1) is 9.01. The molecule has 0 amide bonds. The van der Waals surface area contributed by atoms with Crippen LogP contribution in [-0.4, -0.2) is 24.3 Å². The molecule has 0 N–H and O–H groups in total. The molecule has 0 saturated carbocycles. The Balaban J connectivity index is 3.37. The summed E-state index contributed by atoms with van der Waals surface area (Å²) in [5.41, 5.74) is -1.37. The Bertz CT molecular complexity index is 600. The summed E-state index contributed by atoms with van der Waals surface area (Å²) in [6.45, 7) is 0. The molecule has 0 radical (unpaired) electrons. The molecule has 0 unspecified atom stereocenters. The van der Waals surface area contributed by atoms with Crippen molar-refractivity contribution in [3.63, 3.8) is 0 Å². The molecule has 6 nitrogen and oxygen atoms in total. The Morgan fingerprint density at radius 2 is 2.26 bits per heavy atom. The van der Waals surface area contributed by atoms with Crippen LogP contribution in [0.4, 0.5) is 10.1 Å². The van der Waals surface area contributed by atoms with Crippen LogP contribution in [-0.2, 0) is 9.53 Å². The molecule has 0 spiro atoms. The van der Waals surface area contributed by atoms with E-state index in [0.717, 1.165) is 13.2 Å². The number of nitrogens with zero attached hydrogens (tertiary/aromatic N) is 1. The third kappa shape index (κ3) is 3.35. The van der Waals surface area contributed by atoms with Gasteiger partial charge in [0.1, 0.15) is 17.7 Å². The van der Waals surface area contributed by atoms with Crippen molar-refractivity contribution in [3.05, 3.63) is 39.2 Å². The lowest BCUT2D eigenvalue weighted by molar-refractivity contribution is -0.385. The number of nitro benzene ring substituents is 1. The van der Waals surface area contributed by atoms with Crippen molar-refractivity contribution < 1.29 is 23.6 Å². The average Bonchev–Trinajstić information content (AvgIpc) is 2.39. The molecule has 0 aliphatic heterocycles. The van der Waals surface area contributed by atoms with E-state index in [0.29, 0.717) is 12.4 Å². The number of esters is 1. The Morgan fingerprint density at radius 3 is 2.79 bits per heavy atom. The van der Waals surface area contributed by atoms with Gasteiger partial charge in [-0.05, 0) is 6.07 Å². The second-order valence-electron chi connectivity index (χ2n) is 3.27. The Morgan fingerprint density at radius 1 is 1.58 bits per heavy atom. The van der Waals surface area contributed by atoms with E-state index in [9.17, 15) is 24.1 Å². The quantitative estimate of drug-likeness (QED) is 0.271. The molecule has 7 heteroatoms. The first-order valence-corrected chi connectivity index (χ1v) is 5.00. The van der Waals surface area contributed by atoms with E-state index in [-0.39, 0.29) is 12.0 Å². The molecule has 98 valence electrons. The number of benzene rings is 1. The van der Waals surface area contributed by atoms with Crippen LogP contribution in [0.2, 0.25) is 0 Å². The largest absolute Gasteiger partial charge is 0.465 e. The van der Waals surface area contributed by atoms with E-state index in [1.807, 2.05) is 0 Å².